The average molecular weight is 1050 g/mol. The average Bonchev–Trinajstić information content (AvgIpc) is 3.91. The number of nitrogens with zero attached hydrogens (tertiary/aromatic N) is 1. The lowest BCUT2D eigenvalue weighted by molar-refractivity contribution is -0.175. The number of ether oxygens (including phenoxy) is 3. The van der Waals surface area contributed by atoms with Crippen LogP contribution < -0.4 is 21.3 Å². The number of aryl methyl sites for hydroxylation is 1. The van der Waals surface area contributed by atoms with E-state index >= 15 is 0 Å². The minimum atomic E-state index is -2.33. The highest BCUT2D eigenvalue weighted by Gasteiger charge is 2.55. The number of carbonyl (C=O) groups excluding carboxylic acids is 7. The molecule has 2 aliphatic heterocycles. The molecule has 3 heterocycles. The summed E-state index contributed by atoms with van der Waals surface area (Å²) in [5, 5.41) is 30.5. The summed E-state index contributed by atoms with van der Waals surface area (Å²) in [7, 11) is 1.25. The van der Waals surface area contributed by atoms with Gasteiger partial charge < -0.3 is 55.0 Å². The highest BCUT2D eigenvalue weighted by atomic mass is 35.5. The lowest BCUT2D eigenvalue weighted by atomic mass is 9.70. The molecule has 6 N–H and O–H groups in total. The molecule has 0 bridgehead atoms. The van der Waals surface area contributed by atoms with Crippen molar-refractivity contribution in [2.75, 3.05) is 34.0 Å². The number of aromatic nitrogens is 1. The zero-order chi connectivity index (χ0) is 52.6. The van der Waals surface area contributed by atoms with E-state index in [0.717, 1.165) is 5.56 Å². The van der Waals surface area contributed by atoms with E-state index in [1.807, 2.05) is 44.2 Å². The molecule has 2 fully saturated rings. The van der Waals surface area contributed by atoms with E-state index in [1.54, 1.807) is 13.8 Å². The van der Waals surface area contributed by atoms with Crippen LogP contribution in [0.2, 0.25) is 10.0 Å². The van der Waals surface area contributed by atoms with Crippen molar-refractivity contribution in [2.24, 2.45) is 5.92 Å². The quantitative estimate of drug-likeness (QED) is 0.0403. The maximum atomic E-state index is 13.2. The number of thiazole rings is 1. The fourth-order valence-electron chi connectivity index (χ4n) is 7.12. The summed E-state index contributed by atoms with van der Waals surface area (Å²) in [6.07, 6.45) is -0.283. The van der Waals surface area contributed by atoms with Gasteiger partial charge in [0.2, 0.25) is 17.7 Å². The van der Waals surface area contributed by atoms with E-state index in [9.17, 15) is 48.3 Å². The van der Waals surface area contributed by atoms with Crippen LogP contribution in [0, 0.1) is 12.8 Å². The van der Waals surface area contributed by atoms with Crippen molar-refractivity contribution in [3.05, 3.63) is 85.8 Å². The maximum absolute atomic E-state index is 13.2. The first-order valence-electron chi connectivity index (χ1n) is 22.1. The van der Waals surface area contributed by atoms with Crippen LogP contribution in [0.4, 0.5) is 0 Å². The Morgan fingerprint density at radius 2 is 1.51 bits per heavy atom. The third-order valence-electron chi connectivity index (χ3n) is 10.8. The molecule has 0 saturated carbocycles. The first-order chi connectivity index (χ1) is 33.5. The number of benzene rings is 2. The second-order valence-electron chi connectivity index (χ2n) is 17.2. The molecule has 2 saturated heterocycles. The molecular formula is C46H56BCl2N5O16S. The SMILES string of the molecule is CC(C)C[C@H](NC(=O)CCC(=O)c1cc(Cl)ccc1Cl)B1OC(=O)CC(CC(=O)O)(C(=O)O)O1.COC[C@H](NC(=O)c1cnc(C)s1)C(=O)N[C@@H](COC)C(=O)N[C@@H](Cc1ccccc1)C(=O)[C@@]1(C)CO1. The third kappa shape index (κ3) is 17.5. The minimum Gasteiger partial charge on any atom is -0.508 e. The van der Waals surface area contributed by atoms with E-state index in [4.69, 9.17) is 51.8 Å². The minimum absolute atomic E-state index is 0.0415. The zero-order valence-corrected chi connectivity index (χ0v) is 42.1. The molecule has 0 radical (unpaired) electrons. The first-order valence-corrected chi connectivity index (χ1v) is 23.7. The Morgan fingerprint density at radius 1 is 0.887 bits per heavy atom. The van der Waals surface area contributed by atoms with Crippen molar-refractivity contribution in [3.8, 4) is 0 Å². The van der Waals surface area contributed by atoms with E-state index in [1.165, 1.54) is 50.0 Å². The lowest BCUT2D eigenvalue weighted by Gasteiger charge is -2.37. The summed E-state index contributed by atoms with van der Waals surface area (Å²) in [6, 6.07) is 10.6. The summed E-state index contributed by atoms with van der Waals surface area (Å²) < 4.78 is 26.2. The van der Waals surface area contributed by atoms with Crippen LogP contribution in [0.3, 0.4) is 0 Å². The number of carboxylic acids is 2. The molecule has 3 aromatic rings. The van der Waals surface area contributed by atoms with Gasteiger partial charge in [-0.25, -0.2) is 9.78 Å². The molecule has 2 aliphatic rings. The zero-order valence-electron chi connectivity index (χ0n) is 39.7. The molecule has 2 aromatic carbocycles. The predicted molar refractivity (Wildman–Crippen MR) is 257 cm³/mol. The van der Waals surface area contributed by atoms with Crippen molar-refractivity contribution in [1.29, 1.82) is 0 Å². The van der Waals surface area contributed by atoms with Crippen molar-refractivity contribution >= 4 is 94.8 Å². The number of carbonyl (C=O) groups is 9. The van der Waals surface area contributed by atoms with Gasteiger partial charge in [0.05, 0.1) is 60.9 Å². The maximum Gasteiger partial charge on any atom is 0.552 e. The summed E-state index contributed by atoms with van der Waals surface area (Å²) in [6.45, 7) is 7.08. The van der Waals surface area contributed by atoms with Crippen LogP contribution in [0.5, 0.6) is 0 Å². The highest BCUT2D eigenvalue weighted by molar-refractivity contribution is 7.13. The summed E-state index contributed by atoms with van der Waals surface area (Å²) in [5.41, 5.74) is -2.25. The number of carboxylic acid groups (broad SMARTS) is 2. The van der Waals surface area contributed by atoms with Gasteiger partial charge in [-0.1, -0.05) is 67.4 Å². The van der Waals surface area contributed by atoms with Crippen LogP contribution in [0.25, 0.3) is 0 Å². The van der Waals surface area contributed by atoms with E-state index in [0.29, 0.717) is 14.9 Å². The first kappa shape index (κ1) is 57.8. The van der Waals surface area contributed by atoms with Gasteiger partial charge in [0, 0.05) is 37.6 Å². The fraction of sp³-hybridized carbons (Fsp3) is 0.478. The molecule has 384 valence electrons. The molecule has 71 heavy (non-hydrogen) atoms. The Hall–Kier alpha value is -5.82. The second kappa shape index (κ2) is 26.6. The molecule has 1 unspecified atom stereocenters. The van der Waals surface area contributed by atoms with Gasteiger partial charge in [0.15, 0.2) is 17.2 Å². The number of aliphatic carboxylic acids is 2. The standard InChI is InChI=1S/C25H32N4O7S.C21H24BCl2NO9/c1-15-26-11-20(37-15)24(33)29-19(13-35-4)23(32)28-18(12-34-3)22(31)27-17(21(30)25(2)14-36-25)10-16-8-6-5-7-9-16;1-11(2)7-16(22-33-19(30)10-21(34-22,20(31)32)9-18(28)29)25-17(27)6-5-15(26)13-8-12(23)3-4-14(13)24/h5-9,11,17-19H,10,12-14H2,1-4H3,(H,27,31)(H,28,32)(H,29,33);3-4,8,11,16H,5-7,9-10H2,1-2H3,(H,25,27)(H,28,29)(H,31,32)/t17-,18-,19-,25+;16-,21?/m00/s1. The van der Waals surface area contributed by atoms with Gasteiger partial charge in [0.25, 0.3) is 11.9 Å². The van der Waals surface area contributed by atoms with Gasteiger partial charge in [-0.2, -0.15) is 0 Å². The van der Waals surface area contributed by atoms with Crippen LogP contribution in [0.15, 0.2) is 54.7 Å². The Labute approximate surface area is 423 Å². The molecule has 25 heteroatoms. The number of halogens is 2. The van der Waals surface area contributed by atoms with E-state index < -0.39 is 103 Å². The Bertz CT molecular complexity index is 2420. The number of hydrogen-bond acceptors (Lipinski definition) is 16. The molecule has 0 aliphatic carbocycles. The Kier molecular flexibility index (Phi) is 21.6. The topological polar surface area (TPSA) is 305 Å². The molecular weight excluding hydrogens is 992 g/mol. The normalized spacial score (nSPS) is 18.8. The van der Waals surface area contributed by atoms with Crippen LogP contribution in [0.1, 0.15) is 83.5 Å². The van der Waals surface area contributed by atoms with E-state index in [2.05, 4.69) is 26.3 Å². The van der Waals surface area contributed by atoms with Crippen LogP contribution >= 0.6 is 34.5 Å². The lowest BCUT2D eigenvalue weighted by Crippen LogP contribution is -2.61. The number of epoxide rings is 1. The molecule has 6 atom stereocenters. The summed E-state index contributed by atoms with van der Waals surface area (Å²) in [4.78, 5) is 116. The summed E-state index contributed by atoms with van der Waals surface area (Å²) in [5.74, 6) is -8.06. The molecule has 5 rings (SSSR count). The largest absolute Gasteiger partial charge is 0.552 e. The van der Waals surface area contributed by atoms with Gasteiger partial charge in [0.1, 0.15) is 22.6 Å². The number of hydrogen-bond donors (Lipinski definition) is 6. The number of methoxy groups -OCH3 is 2. The third-order valence-corrected chi connectivity index (χ3v) is 12.3. The van der Waals surface area contributed by atoms with Crippen molar-refractivity contribution in [2.45, 2.75) is 101 Å². The van der Waals surface area contributed by atoms with Crippen LogP contribution in [-0.4, -0.2) is 145 Å². The van der Waals surface area contributed by atoms with Crippen molar-refractivity contribution in [1.82, 2.24) is 26.3 Å². The van der Waals surface area contributed by atoms with Crippen molar-refractivity contribution in [3.63, 3.8) is 0 Å². The monoisotopic (exact) mass is 1050 g/mol. The number of rotatable bonds is 25. The summed E-state index contributed by atoms with van der Waals surface area (Å²) >= 11 is 13.1. The number of ketones is 2. The second-order valence-corrected chi connectivity index (χ2v) is 19.3. The Morgan fingerprint density at radius 3 is 2.06 bits per heavy atom. The molecule has 0 spiro atoms. The predicted octanol–water partition coefficient (Wildman–Crippen LogP) is 3.19. The number of nitrogens with one attached hydrogen (secondary N) is 4. The number of amides is 4. The fourth-order valence-corrected chi connectivity index (χ4v) is 8.20. The van der Waals surface area contributed by atoms with Crippen LogP contribution in [-0.2, 0) is 63.5 Å². The smallest absolute Gasteiger partial charge is 0.508 e. The van der Waals surface area contributed by atoms with Gasteiger partial charge in [-0.05, 0) is 56.4 Å². The molecule has 21 nitrogen and oxygen atoms in total. The number of Topliss-reactive ketones (excluding diaryl/α,β-unsaturated/α-hetero) is 2. The van der Waals surface area contributed by atoms with E-state index in [-0.39, 0.29) is 67.8 Å². The van der Waals surface area contributed by atoms with Gasteiger partial charge in [-0.15, -0.1) is 11.3 Å². The van der Waals surface area contributed by atoms with Crippen molar-refractivity contribution < 1.29 is 76.9 Å². The highest BCUT2D eigenvalue weighted by Crippen LogP contribution is 2.31. The molecule has 1 aromatic heterocycles. The Balaban J connectivity index is 0.000000310. The van der Waals surface area contributed by atoms with Gasteiger partial charge >= 0.3 is 19.1 Å². The molecule has 4 amide bonds. The van der Waals surface area contributed by atoms with Gasteiger partial charge in [-0.3, -0.25) is 38.4 Å².